The first-order chi connectivity index (χ1) is 18.5. The van der Waals surface area contributed by atoms with Crippen molar-refractivity contribution in [3.05, 3.63) is 89.1 Å². The molecule has 38 heavy (non-hydrogen) atoms. The van der Waals surface area contributed by atoms with Gasteiger partial charge < -0.3 is 19.0 Å². The standard InChI is InChI=1S/C26H18FN3O6S2/c27-16-5-2-1-4-15(16)13-37-26-29-28-25(38-26)30-21(18-6-3-9-34-18)20(23(32)24(30)33)22(31)14-7-8-17-19(12-14)36-11-10-35-17/h1-9,12,21,31H,10-11,13H2/b22-20+. The second-order valence-electron chi connectivity index (χ2n) is 8.27. The number of aliphatic hydroxyl groups is 1. The van der Waals surface area contributed by atoms with E-state index in [4.69, 9.17) is 13.9 Å². The van der Waals surface area contributed by atoms with Gasteiger partial charge in [0.1, 0.15) is 36.6 Å². The van der Waals surface area contributed by atoms with E-state index in [1.54, 1.807) is 48.5 Å². The lowest BCUT2D eigenvalue weighted by Gasteiger charge is -2.21. The third-order valence-corrected chi connectivity index (χ3v) is 8.09. The van der Waals surface area contributed by atoms with E-state index in [2.05, 4.69) is 10.2 Å². The van der Waals surface area contributed by atoms with Gasteiger partial charge in [0.05, 0.1) is 11.8 Å². The van der Waals surface area contributed by atoms with E-state index in [-0.39, 0.29) is 33.6 Å². The summed E-state index contributed by atoms with van der Waals surface area (Å²) in [5.41, 5.74) is 0.629. The number of amides is 1. The van der Waals surface area contributed by atoms with Crippen LogP contribution in [0.25, 0.3) is 5.76 Å². The molecule has 0 aliphatic carbocycles. The number of Topliss-reactive ketones (excluding diaryl/α,β-unsaturated/α-hetero) is 1. The van der Waals surface area contributed by atoms with E-state index < -0.39 is 17.7 Å². The van der Waals surface area contributed by atoms with Crippen LogP contribution >= 0.6 is 23.1 Å². The number of thioether (sulfide) groups is 1. The van der Waals surface area contributed by atoms with Crippen molar-refractivity contribution in [1.29, 1.82) is 0 Å². The molecule has 12 heteroatoms. The van der Waals surface area contributed by atoms with E-state index in [0.29, 0.717) is 40.4 Å². The molecule has 2 aliphatic heterocycles. The number of fused-ring (bicyclic) bond motifs is 1. The number of ketones is 1. The summed E-state index contributed by atoms with van der Waals surface area (Å²) in [6.45, 7) is 0.757. The largest absolute Gasteiger partial charge is 0.507 e. The van der Waals surface area contributed by atoms with E-state index in [9.17, 15) is 19.1 Å². The second-order valence-corrected chi connectivity index (χ2v) is 10.5. The highest BCUT2D eigenvalue weighted by molar-refractivity contribution is 8.00. The Labute approximate surface area is 223 Å². The van der Waals surface area contributed by atoms with Gasteiger partial charge in [0, 0.05) is 11.3 Å². The zero-order valence-corrected chi connectivity index (χ0v) is 21.1. The highest BCUT2D eigenvalue weighted by Gasteiger charge is 2.49. The van der Waals surface area contributed by atoms with Crippen molar-refractivity contribution in [3.8, 4) is 11.5 Å². The summed E-state index contributed by atoms with van der Waals surface area (Å²) in [7, 11) is 0. The fourth-order valence-electron chi connectivity index (χ4n) is 4.21. The lowest BCUT2D eigenvalue weighted by atomic mass is 9.99. The van der Waals surface area contributed by atoms with Gasteiger partial charge in [0.15, 0.2) is 15.8 Å². The quantitative estimate of drug-likeness (QED) is 0.117. The summed E-state index contributed by atoms with van der Waals surface area (Å²) in [6.07, 6.45) is 1.41. The highest BCUT2D eigenvalue weighted by Crippen LogP contribution is 2.45. The van der Waals surface area contributed by atoms with Crippen molar-refractivity contribution in [2.75, 3.05) is 18.1 Å². The molecule has 0 radical (unpaired) electrons. The van der Waals surface area contributed by atoms with Crippen LogP contribution in [0.4, 0.5) is 9.52 Å². The molecule has 0 bridgehead atoms. The predicted molar refractivity (Wildman–Crippen MR) is 137 cm³/mol. The first-order valence-corrected chi connectivity index (χ1v) is 13.3. The smallest absolute Gasteiger partial charge is 0.302 e. The first-order valence-electron chi connectivity index (χ1n) is 11.5. The van der Waals surface area contributed by atoms with Crippen LogP contribution < -0.4 is 14.4 Å². The Hall–Kier alpha value is -4.16. The molecular formula is C26H18FN3O6S2. The molecule has 9 nitrogen and oxygen atoms in total. The molecule has 4 aromatic rings. The summed E-state index contributed by atoms with van der Waals surface area (Å²) in [5, 5.41) is 19.6. The van der Waals surface area contributed by atoms with Crippen LogP contribution in [0.1, 0.15) is 22.9 Å². The molecule has 1 fully saturated rings. The van der Waals surface area contributed by atoms with Crippen molar-refractivity contribution in [3.63, 3.8) is 0 Å². The summed E-state index contributed by atoms with van der Waals surface area (Å²) in [6, 6.07) is 13.3. The van der Waals surface area contributed by atoms with Gasteiger partial charge in [-0.1, -0.05) is 41.3 Å². The third-order valence-electron chi connectivity index (χ3n) is 5.98. The molecule has 1 atom stereocenters. The van der Waals surface area contributed by atoms with Crippen LogP contribution in [0, 0.1) is 5.82 Å². The summed E-state index contributed by atoms with van der Waals surface area (Å²) < 4.78 is 31.2. The number of halogens is 1. The molecule has 1 N–H and O–H groups in total. The molecule has 192 valence electrons. The van der Waals surface area contributed by atoms with Crippen molar-refractivity contribution in [2.45, 2.75) is 16.1 Å². The van der Waals surface area contributed by atoms with Gasteiger partial charge in [-0.05, 0) is 42.0 Å². The maximum Gasteiger partial charge on any atom is 0.302 e. The fourth-order valence-corrected chi connectivity index (χ4v) is 6.06. The molecule has 6 rings (SSSR count). The number of aromatic nitrogens is 2. The Balaban J connectivity index is 1.36. The Morgan fingerprint density at radius 1 is 1.08 bits per heavy atom. The van der Waals surface area contributed by atoms with E-state index in [1.807, 2.05) is 0 Å². The monoisotopic (exact) mass is 551 g/mol. The van der Waals surface area contributed by atoms with Crippen molar-refractivity contribution < 1.29 is 33.0 Å². The zero-order chi connectivity index (χ0) is 26.2. The number of benzene rings is 2. The Morgan fingerprint density at radius 3 is 2.68 bits per heavy atom. The van der Waals surface area contributed by atoms with Gasteiger partial charge >= 0.3 is 5.91 Å². The number of hydrogen-bond acceptors (Lipinski definition) is 10. The molecule has 2 aliphatic rings. The van der Waals surface area contributed by atoms with Crippen LogP contribution in [0.2, 0.25) is 0 Å². The topological polar surface area (TPSA) is 115 Å². The number of carbonyl (C=O) groups excluding carboxylic acids is 2. The minimum atomic E-state index is -1.07. The lowest BCUT2D eigenvalue weighted by Crippen LogP contribution is -2.29. The van der Waals surface area contributed by atoms with Crippen molar-refractivity contribution >= 4 is 45.7 Å². The molecule has 1 saturated heterocycles. The normalized spacial score (nSPS) is 18.2. The Morgan fingerprint density at radius 2 is 1.89 bits per heavy atom. The fraction of sp³-hybridized carbons (Fsp3) is 0.154. The molecule has 0 saturated carbocycles. The van der Waals surface area contributed by atoms with Crippen molar-refractivity contribution in [1.82, 2.24) is 10.2 Å². The lowest BCUT2D eigenvalue weighted by molar-refractivity contribution is -0.132. The zero-order valence-electron chi connectivity index (χ0n) is 19.5. The van der Waals surface area contributed by atoms with Crippen LogP contribution in [0.15, 0.2) is 75.2 Å². The molecule has 1 unspecified atom stereocenters. The number of ether oxygens (including phenoxy) is 2. The van der Waals surface area contributed by atoms with Gasteiger partial charge in [-0.3, -0.25) is 14.5 Å². The highest BCUT2D eigenvalue weighted by atomic mass is 32.2. The SMILES string of the molecule is O=C1C(=O)N(c2nnc(SCc3ccccc3F)s2)C(c2ccco2)/C1=C(\O)c1ccc2c(c1)OCCO2. The average molecular weight is 552 g/mol. The molecular weight excluding hydrogens is 533 g/mol. The minimum Gasteiger partial charge on any atom is -0.507 e. The van der Waals surface area contributed by atoms with Crippen LogP contribution in [-0.4, -0.2) is 40.2 Å². The number of anilines is 1. The number of hydrogen-bond donors (Lipinski definition) is 1. The predicted octanol–water partition coefficient (Wildman–Crippen LogP) is 4.96. The van der Waals surface area contributed by atoms with Gasteiger partial charge in [0.2, 0.25) is 5.13 Å². The van der Waals surface area contributed by atoms with Gasteiger partial charge in [0.25, 0.3) is 5.78 Å². The van der Waals surface area contributed by atoms with Crippen LogP contribution in [0.5, 0.6) is 11.5 Å². The minimum absolute atomic E-state index is 0.144. The summed E-state index contributed by atoms with van der Waals surface area (Å²) in [5.74, 6) is -0.975. The molecule has 1 amide bonds. The Kier molecular flexibility index (Phi) is 6.34. The maximum atomic E-state index is 14.0. The van der Waals surface area contributed by atoms with Gasteiger partial charge in [-0.15, -0.1) is 10.2 Å². The number of aliphatic hydroxyl groups excluding tert-OH is 1. The number of carbonyl (C=O) groups is 2. The molecule has 2 aromatic heterocycles. The van der Waals surface area contributed by atoms with E-state index in [1.165, 1.54) is 24.1 Å². The van der Waals surface area contributed by atoms with Crippen LogP contribution in [-0.2, 0) is 15.3 Å². The van der Waals surface area contributed by atoms with E-state index in [0.717, 1.165) is 16.2 Å². The van der Waals surface area contributed by atoms with Crippen molar-refractivity contribution in [2.24, 2.45) is 0 Å². The van der Waals surface area contributed by atoms with Crippen LogP contribution in [0.3, 0.4) is 0 Å². The van der Waals surface area contributed by atoms with Gasteiger partial charge in [-0.2, -0.15) is 0 Å². The maximum absolute atomic E-state index is 14.0. The average Bonchev–Trinajstić information content (AvgIpc) is 3.68. The number of nitrogens with zero attached hydrogens (tertiary/aromatic N) is 3. The van der Waals surface area contributed by atoms with Gasteiger partial charge in [-0.25, -0.2) is 4.39 Å². The summed E-state index contributed by atoms with van der Waals surface area (Å²) >= 11 is 2.34. The number of rotatable bonds is 6. The Bertz CT molecular complexity index is 1570. The van der Waals surface area contributed by atoms with E-state index >= 15 is 0 Å². The number of furan rings is 1. The molecule has 4 heterocycles. The second kappa shape index (κ2) is 9.95. The molecule has 0 spiro atoms. The third kappa shape index (κ3) is 4.31. The first kappa shape index (κ1) is 24.2. The summed E-state index contributed by atoms with van der Waals surface area (Å²) in [4.78, 5) is 27.7. The molecule has 2 aromatic carbocycles.